The van der Waals surface area contributed by atoms with E-state index in [0.29, 0.717) is 0 Å². The van der Waals surface area contributed by atoms with Crippen molar-refractivity contribution in [1.82, 2.24) is 27.9 Å². The molecule has 0 bridgehead atoms. The number of benzene rings is 9. The van der Waals surface area contributed by atoms with Gasteiger partial charge < -0.3 is 8.80 Å². The van der Waals surface area contributed by atoms with Gasteiger partial charge in [0.05, 0.1) is 55.2 Å². The van der Waals surface area contributed by atoms with Gasteiger partial charge in [-0.2, -0.15) is 0 Å². The topological polar surface area (TPSA) is 44.5 Å². The molecular formula is C56H32N6. The first-order chi connectivity index (χ1) is 30.8. The molecule has 6 heteroatoms. The van der Waals surface area contributed by atoms with E-state index in [-0.39, 0.29) is 0 Å². The maximum Gasteiger partial charge on any atom is 0.145 e. The van der Waals surface area contributed by atoms with Crippen LogP contribution in [0, 0.1) is 0 Å². The summed E-state index contributed by atoms with van der Waals surface area (Å²) in [5.74, 6) is 1.87. The van der Waals surface area contributed by atoms with Crippen molar-refractivity contribution >= 4 is 98.3 Å². The van der Waals surface area contributed by atoms with Gasteiger partial charge in [0.1, 0.15) is 11.6 Å². The van der Waals surface area contributed by atoms with Crippen LogP contribution in [0.3, 0.4) is 0 Å². The third-order valence-electron chi connectivity index (χ3n) is 13.4. The molecule has 0 radical (unpaired) electrons. The summed E-state index contributed by atoms with van der Waals surface area (Å²) < 4.78 is 9.62. The fraction of sp³-hybridized carbons (Fsp3) is 0. The van der Waals surface area contributed by atoms with Gasteiger partial charge in [-0.1, -0.05) is 133 Å². The Morgan fingerprint density at radius 1 is 0.274 bits per heavy atom. The molecule has 6 nitrogen and oxygen atoms in total. The van der Waals surface area contributed by atoms with Gasteiger partial charge in [-0.05, 0) is 60.7 Å². The number of hydrogen-bond acceptors (Lipinski definition) is 2. The maximum atomic E-state index is 5.38. The van der Waals surface area contributed by atoms with Crippen molar-refractivity contribution in [3.05, 3.63) is 194 Å². The van der Waals surface area contributed by atoms with E-state index in [2.05, 4.69) is 212 Å². The number of nitrogens with zero attached hydrogens (tertiary/aromatic N) is 6. The van der Waals surface area contributed by atoms with E-state index in [4.69, 9.17) is 9.97 Å². The standard InChI is InChI=1S/C56H32N6/c1-5-15-33(16-6-1)55-57-45-30-47-43(28-51(45)59(55)35-19-9-3-10-20-35)39-25-13-23-37-41-27-42-38-24-14-26-40-44-29-52-46(31-48(44)62(54(38)40)50(42)32-49(41)61(47)53(37)39)58-56(34-17-7-2-8-18-34)60(52)36-21-11-4-12-22-36/h1-32H. The van der Waals surface area contributed by atoms with Crippen molar-refractivity contribution in [2.24, 2.45) is 0 Å². The summed E-state index contributed by atoms with van der Waals surface area (Å²) in [6.45, 7) is 0. The minimum Gasteiger partial charge on any atom is -0.308 e. The van der Waals surface area contributed by atoms with Gasteiger partial charge in [-0.15, -0.1) is 0 Å². The smallest absolute Gasteiger partial charge is 0.145 e. The molecule has 0 saturated carbocycles. The van der Waals surface area contributed by atoms with Crippen LogP contribution in [-0.4, -0.2) is 27.9 Å². The summed E-state index contributed by atoms with van der Waals surface area (Å²) in [6, 6.07) is 70.1. The largest absolute Gasteiger partial charge is 0.308 e. The average molecular weight is 789 g/mol. The second kappa shape index (κ2) is 11.6. The van der Waals surface area contributed by atoms with Gasteiger partial charge >= 0.3 is 0 Å². The number of hydrogen-bond donors (Lipinski definition) is 0. The number of aromatic nitrogens is 6. The van der Waals surface area contributed by atoms with Crippen LogP contribution < -0.4 is 0 Å². The van der Waals surface area contributed by atoms with Crippen molar-refractivity contribution in [1.29, 1.82) is 0 Å². The quantitative estimate of drug-likeness (QED) is 0.178. The van der Waals surface area contributed by atoms with Crippen LogP contribution in [0.25, 0.3) is 132 Å². The first-order valence-corrected chi connectivity index (χ1v) is 21.2. The summed E-state index contributed by atoms with van der Waals surface area (Å²) >= 11 is 0. The zero-order valence-corrected chi connectivity index (χ0v) is 33.2. The lowest BCUT2D eigenvalue weighted by Crippen LogP contribution is -1.97. The van der Waals surface area contributed by atoms with Gasteiger partial charge in [0, 0.05) is 65.6 Å². The Morgan fingerprint density at radius 2 is 0.629 bits per heavy atom. The Bertz CT molecular complexity index is 4010. The van der Waals surface area contributed by atoms with Crippen molar-refractivity contribution in [2.75, 3.05) is 0 Å². The lowest BCUT2D eigenvalue weighted by Gasteiger charge is -2.09. The van der Waals surface area contributed by atoms with E-state index in [1.54, 1.807) is 0 Å². The van der Waals surface area contributed by atoms with Crippen LogP contribution in [0.5, 0.6) is 0 Å². The fourth-order valence-electron chi connectivity index (χ4n) is 10.8. The van der Waals surface area contributed by atoms with E-state index in [1.165, 1.54) is 65.2 Å². The van der Waals surface area contributed by atoms with Gasteiger partial charge in [-0.3, -0.25) is 9.13 Å². The number of imidazole rings is 2. The minimum atomic E-state index is 0.934. The molecule has 15 rings (SSSR count). The van der Waals surface area contributed by atoms with Crippen molar-refractivity contribution in [3.63, 3.8) is 0 Å². The van der Waals surface area contributed by atoms with E-state index in [1.807, 2.05) is 0 Å². The highest BCUT2D eigenvalue weighted by Crippen LogP contribution is 2.46. The Hall–Kier alpha value is -8.48. The lowest BCUT2D eigenvalue weighted by molar-refractivity contribution is 1.10. The molecule has 286 valence electrons. The lowest BCUT2D eigenvalue weighted by atomic mass is 10.0. The molecule has 9 aromatic carbocycles. The Morgan fingerprint density at radius 3 is 1.03 bits per heavy atom. The van der Waals surface area contributed by atoms with Crippen LogP contribution in [0.1, 0.15) is 0 Å². The predicted molar refractivity (Wildman–Crippen MR) is 256 cm³/mol. The maximum absolute atomic E-state index is 5.38. The highest BCUT2D eigenvalue weighted by Gasteiger charge is 2.25. The average Bonchev–Trinajstić information content (AvgIpc) is 4.18. The second-order valence-corrected chi connectivity index (χ2v) is 16.6. The van der Waals surface area contributed by atoms with Gasteiger partial charge in [0.15, 0.2) is 0 Å². The zero-order valence-electron chi connectivity index (χ0n) is 33.2. The van der Waals surface area contributed by atoms with Crippen LogP contribution in [0.15, 0.2) is 194 Å². The van der Waals surface area contributed by atoms with E-state index in [9.17, 15) is 0 Å². The number of para-hydroxylation sites is 4. The van der Waals surface area contributed by atoms with Crippen LogP contribution in [0.2, 0.25) is 0 Å². The first kappa shape index (κ1) is 32.4. The Balaban J connectivity index is 1.04. The van der Waals surface area contributed by atoms with E-state index in [0.717, 1.165) is 67.3 Å². The monoisotopic (exact) mass is 788 g/mol. The summed E-state index contributed by atoms with van der Waals surface area (Å²) in [6.07, 6.45) is 0. The SMILES string of the molecule is c1ccc(-c2nc3cc4c(cc3n2-c2ccccc2)c2cccc3c5cc6c7cccc8c9cc%10c(cc9n(c6cc5n4c23)c87)nc(-c2ccccc2)n%10-c2ccccc2)cc1. The fourth-order valence-corrected chi connectivity index (χ4v) is 10.8. The third kappa shape index (κ3) is 4.08. The highest BCUT2D eigenvalue weighted by atomic mass is 15.1. The van der Waals surface area contributed by atoms with Crippen molar-refractivity contribution < 1.29 is 0 Å². The molecule has 0 amide bonds. The summed E-state index contributed by atoms with van der Waals surface area (Å²) in [5.41, 5.74) is 15.7. The first-order valence-electron chi connectivity index (χ1n) is 21.2. The molecule has 0 saturated heterocycles. The normalized spacial score (nSPS) is 12.5. The van der Waals surface area contributed by atoms with Crippen molar-refractivity contribution in [3.8, 4) is 34.2 Å². The molecule has 0 aliphatic heterocycles. The molecule has 0 unspecified atom stereocenters. The van der Waals surface area contributed by atoms with E-state index < -0.39 is 0 Å². The summed E-state index contributed by atoms with van der Waals surface area (Å²) in [7, 11) is 0. The molecule has 62 heavy (non-hydrogen) atoms. The summed E-state index contributed by atoms with van der Waals surface area (Å²) in [5, 5.41) is 9.99. The van der Waals surface area contributed by atoms with Crippen molar-refractivity contribution in [2.45, 2.75) is 0 Å². The Labute approximate surface area is 353 Å². The summed E-state index contributed by atoms with van der Waals surface area (Å²) in [4.78, 5) is 10.8. The Kier molecular flexibility index (Phi) is 6.07. The highest BCUT2D eigenvalue weighted by molar-refractivity contribution is 6.30. The third-order valence-corrected chi connectivity index (χ3v) is 13.4. The van der Waals surface area contributed by atoms with Crippen LogP contribution >= 0.6 is 0 Å². The molecule has 6 heterocycles. The molecule has 0 atom stereocenters. The molecule has 15 aromatic rings. The molecule has 0 aliphatic rings. The number of rotatable bonds is 4. The molecule has 0 N–H and O–H groups in total. The zero-order chi connectivity index (χ0) is 40.2. The van der Waals surface area contributed by atoms with Gasteiger partial charge in [0.25, 0.3) is 0 Å². The van der Waals surface area contributed by atoms with Crippen LogP contribution in [0.4, 0.5) is 0 Å². The van der Waals surface area contributed by atoms with Gasteiger partial charge in [-0.25, -0.2) is 9.97 Å². The predicted octanol–water partition coefficient (Wildman–Crippen LogP) is 14.0. The molecule has 0 fully saturated rings. The minimum absolute atomic E-state index is 0.934. The molecule has 0 spiro atoms. The van der Waals surface area contributed by atoms with Gasteiger partial charge in [0.2, 0.25) is 0 Å². The molecular weight excluding hydrogens is 757 g/mol. The van der Waals surface area contributed by atoms with Crippen LogP contribution in [-0.2, 0) is 0 Å². The van der Waals surface area contributed by atoms with E-state index >= 15 is 0 Å². The molecule has 6 aromatic heterocycles. The molecule has 0 aliphatic carbocycles. The second-order valence-electron chi connectivity index (χ2n) is 16.6. The number of fused-ring (bicyclic) bond motifs is 14.